The summed E-state index contributed by atoms with van der Waals surface area (Å²) in [4.78, 5) is 15.6. The molecule has 12 heteroatoms. The second-order valence-corrected chi connectivity index (χ2v) is 9.45. The van der Waals surface area contributed by atoms with Crippen LogP contribution in [0.4, 0.5) is 18.9 Å². The van der Waals surface area contributed by atoms with Gasteiger partial charge < -0.3 is 9.88 Å². The fraction of sp³-hybridized carbons (Fsp3) is 0.412. The Morgan fingerprint density at radius 1 is 1.31 bits per heavy atom. The molecule has 0 radical (unpaired) electrons. The zero-order chi connectivity index (χ0) is 21.8. The summed E-state index contributed by atoms with van der Waals surface area (Å²) in [6.07, 6.45) is -0.468. The van der Waals surface area contributed by atoms with Crippen molar-refractivity contribution < 1.29 is 26.4 Å². The Morgan fingerprint density at radius 2 is 1.93 bits per heavy atom. The third kappa shape index (κ3) is 4.41. The van der Waals surface area contributed by atoms with Crippen molar-refractivity contribution in [3.63, 3.8) is 0 Å². The maximum Gasteiger partial charge on any atom is 0.275 e. The lowest BCUT2D eigenvalue weighted by Gasteiger charge is -2.44. The number of aromatic nitrogens is 2. The number of rotatable bonds is 5. The minimum absolute atomic E-state index is 0.116. The molecule has 0 unspecified atom stereocenters. The molecule has 0 aliphatic heterocycles. The van der Waals surface area contributed by atoms with Gasteiger partial charge >= 0.3 is 0 Å². The molecular weight excluding hydrogens is 433 g/mol. The molecule has 3 rings (SSSR count). The summed E-state index contributed by atoms with van der Waals surface area (Å²) in [7, 11) is -3.18. The first kappa shape index (κ1) is 21.6. The van der Waals surface area contributed by atoms with Gasteiger partial charge in [-0.15, -0.1) is 0 Å². The Kier molecular flexibility index (Phi) is 5.21. The summed E-state index contributed by atoms with van der Waals surface area (Å²) in [6.45, 7) is 2.96. The number of amides is 1. The third-order valence-corrected chi connectivity index (χ3v) is 6.27. The van der Waals surface area contributed by atoms with Crippen LogP contribution in [0.5, 0.6) is 0 Å². The molecule has 2 aromatic heterocycles. The van der Waals surface area contributed by atoms with Crippen molar-refractivity contribution in [3.8, 4) is 0 Å². The molecule has 1 fully saturated rings. The van der Waals surface area contributed by atoms with Crippen LogP contribution >= 0.6 is 11.6 Å². The highest BCUT2D eigenvalue weighted by atomic mass is 35.5. The number of alkyl halides is 2. The number of nitrogens with one attached hydrogen (secondary N) is 2. The van der Waals surface area contributed by atoms with E-state index in [2.05, 4.69) is 15.0 Å². The molecule has 1 aliphatic carbocycles. The van der Waals surface area contributed by atoms with Crippen LogP contribution in [0, 0.1) is 12.7 Å². The Bertz CT molecular complexity index is 1070. The maximum absolute atomic E-state index is 14.9. The van der Waals surface area contributed by atoms with Crippen LogP contribution in [0.3, 0.4) is 0 Å². The molecule has 158 valence electrons. The summed E-state index contributed by atoms with van der Waals surface area (Å²) >= 11 is 5.82. The molecule has 2 heterocycles. The van der Waals surface area contributed by atoms with E-state index < -0.39 is 56.6 Å². The first-order chi connectivity index (χ1) is 13.2. The Hall–Kier alpha value is -2.11. The Balaban J connectivity index is 1.87. The summed E-state index contributed by atoms with van der Waals surface area (Å²) < 4.78 is 69.4. The quantitative estimate of drug-likeness (QED) is 0.684. The van der Waals surface area contributed by atoms with Gasteiger partial charge in [0.25, 0.3) is 11.8 Å². The standard InChI is InChI=1S/C17H18ClF3N4O3S/c1-9-4-10(5-12(18)22-9)23-15(26)14-13(19)11(6-25(14)3)29(27,28)24-16(2)7-17(20,21)8-16/h4-6,24H,7-8H2,1-3H3,(H,22,23,26). The fourth-order valence-electron chi connectivity index (χ4n) is 3.45. The highest BCUT2D eigenvalue weighted by molar-refractivity contribution is 7.89. The number of hydrogen-bond donors (Lipinski definition) is 2. The molecule has 2 aromatic rings. The van der Waals surface area contributed by atoms with E-state index in [9.17, 15) is 26.4 Å². The summed E-state index contributed by atoms with van der Waals surface area (Å²) in [6, 6.07) is 2.85. The Morgan fingerprint density at radius 3 is 2.48 bits per heavy atom. The smallest absolute Gasteiger partial charge is 0.275 e. The molecule has 0 aromatic carbocycles. The lowest BCUT2D eigenvalue weighted by atomic mass is 9.76. The average Bonchev–Trinajstić information content (AvgIpc) is 2.78. The molecule has 0 spiro atoms. The summed E-state index contributed by atoms with van der Waals surface area (Å²) in [5.74, 6) is -5.17. The molecule has 0 bridgehead atoms. The summed E-state index contributed by atoms with van der Waals surface area (Å²) in [5, 5.41) is 2.55. The van der Waals surface area contributed by atoms with Crippen LogP contribution in [0.15, 0.2) is 23.2 Å². The lowest BCUT2D eigenvalue weighted by Crippen LogP contribution is -2.60. The molecule has 1 amide bonds. The second-order valence-electron chi connectivity index (χ2n) is 7.42. The van der Waals surface area contributed by atoms with Crippen LogP contribution in [-0.2, 0) is 17.1 Å². The van der Waals surface area contributed by atoms with E-state index in [0.29, 0.717) is 5.69 Å². The fourth-order valence-corrected chi connectivity index (χ4v) is 5.23. The Labute approximate surface area is 170 Å². The van der Waals surface area contributed by atoms with Crippen molar-refractivity contribution in [3.05, 3.63) is 40.7 Å². The van der Waals surface area contributed by atoms with Gasteiger partial charge in [0.15, 0.2) is 5.82 Å². The molecule has 1 saturated carbocycles. The van der Waals surface area contributed by atoms with Gasteiger partial charge in [-0.2, -0.15) is 0 Å². The minimum Gasteiger partial charge on any atom is -0.343 e. The van der Waals surface area contributed by atoms with Crippen LogP contribution in [0.1, 0.15) is 35.9 Å². The van der Waals surface area contributed by atoms with Crippen molar-refractivity contribution in [2.24, 2.45) is 7.05 Å². The molecule has 7 nitrogen and oxygen atoms in total. The van der Waals surface area contributed by atoms with Gasteiger partial charge in [-0.05, 0) is 26.0 Å². The zero-order valence-corrected chi connectivity index (χ0v) is 17.3. The van der Waals surface area contributed by atoms with Gasteiger partial charge in [0.1, 0.15) is 15.7 Å². The van der Waals surface area contributed by atoms with Gasteiger partial charge in [0, 0.05) is 43.0 Å². The van der Waals surface area contributed by atoms with E-state index in [1.54, 1.807) is 6.92 Å². The van der Waals surface area contributed by atoms with Gasteiger partial charge in [-0.1, -0.05) is 11.6 Å². The summed E-state index contributed by atoms with van der Waals surface area (Å²) in [5.41, 5.74) is -1.17. The monoisotopic (exact) mass is 450 g/mol. The van der Waals surface area contributed by atoms with E-state index in [1.807, 2.05) is 0 Å². The van der Waals surface area contributed by atoms with Crippen molar-refractivity contribution >= 4 is 33.2 Å². The maximum atomic E-state index is 14.9. The topological polar surface area (TPSA) is 93.1 Å². The number of aryl methyl sites for hydroxylation is 2. The SMILES string of the molecule is Cc1cc(NC(=O)c2c(F)c(S(=O)(=O)NC3(C)CC(F)(F)C3)cn2C)cc(Cl)n1. The predicted octanol–water partition coefficient (Wildman–Crippen LogP) is 3.24. The third-order valence-electron chi connectivity index (χ3n) is 4.45. The number of anilines is 1. The van der Waals surface area contributed by atoms with Crippen molar-refractivity contribution in [2.75, 3.05) is 5.32 Å². The number of carbonyl (C=O) groups excluding carboxylic acids is 1. The molecule has 0 atom stereocenters. The normalized spacial score (nSPS) is 17.6. The predicted molar refractivity (Wildman–Crippen MR) is 100 cm³/mol. The van der Waals surface area contributed by atoms with E-state index in [4.69, 9.17) is 11.6 Å². The van der Waals surface area contributed by atoms with Crippen molar-refractivity contribution in [2.45, 2.75) is 43.0 Å². The van der Waals surface area contributed by atoms with Crippen LogP contribution < -0.4 is 10.0 Å². The number of halogens is 4. The number of sulfonamides is 1. The van der Waals surface area contributed by atoms with Crippen LogP contribution in [0.2, 0.25) is 5.15 Å². The van der Waals surface area contributed by atoms with Crippen LogP contribution in [0.25, 0.3) is 0 Å². The van der Waals surface area contributed by atoms with E-state index >= 15 is 0 Å². The number of hydrogen-bond acceptors (Lipinski definition) is 4. The van der Waals surface area contributed by atoms with Gasteiger partial charge in [0.05, 0.1) is 0 Å². The first-order valence-corrected chi connectivity index (χ1v) is 10.3. The number of carbonyl (C=O) groups is 1. The zero-order valence-electron chi connectivity index (χ0n) is 15.7. The highest BCUT2D eigenvalue weighted by Gasteiger charge is 2.55. The van der Waals surface area contributed by atoms with Gasteiger partial charge in [-0.25, -0.2) is 31.3 Å². The molecule has 1 aliphatic rings. The van der Waals surface area contributed by atoms with Gasteiger partial charge in [0.2, 0.25) is 10.0 Å². The average molecular weight is 451 g/mol. The van der Waals surface area contributed by atoms with Crippen molar-refractivity contribution in [1.82, 2.24) is 14.3 Å². The van der Waals surface area contributed by atoms with Crippen LogP contribution in [-0.4, -0.2) is 35.3 Å². The van der Waals surface area contributed by atoms with E-state index in [-0.39, 0.29) is 10.8 Å². The van der Waals surface area contributed by atoms with Gasteiger partial charge in [-0.3, -0.25) is 4.79 Å². The lowest BCUT2D eigenvalue weighted by molar-refractivity contribution is -0.121. The largest absolute Gasteiger partial charge is 0.343 e. The number of pyridine rings is 1. The second kappa shape index (κ2) is 6.99. The molecule has 29 heavy (non-hydrogen) atoms. The van der Waals surface area contributed by atoms with E-state index in [1.165, 1.54) is 26.1 Å². The highest BCUT2D eigenvalue weighted by Crippen LogP contribution is 2.46. The first-order valence-electron chi connectivity index (χ1n) is 8.44. The molecular formula is C17H18ClF3N4O3S. The molecule has 2 N–H and O–H groups in total. The van der Waals surface area contributed by atoms with E-state index in [0.717, 1.165) is 10.8 Å². The number of nitrogens with zero attached hydrogens (tertiary/aromatic N) is 2. The molecule has 0 saturated heterocycles. The minimum atomic E-state index is -4.47. The van der Waals surface area contributed by atoms with Crippen molar-refractivity contribution in [1.29, 1.82) is 0 Å².